The van der Waals surface area contributed by atoms with E-state index in [0.29, 0.717) is 23.5 Å². The molecule has 6 nitrogen and oxygen atoms in total. The van der Waals surface area contributed by atoms with Gasteiger partial charge in [-0.3, -0.25) is 14.9 Å². The molecule has 8 heteroatoms. The summed E-state index contributed by atoms with van der Waals surface area (Å²) in [7, 11) is 0. The summed E-state index contributed by atoms with van der Waals surface area (Å²) in [4.78, 5) is 21.4. The first-order valence-electron chi connectivity index (χ1n) is 5.69. The molecule has 0 aliphatic carbocycles. The van der Waals surface area contributed by atoms with E-state index in [1.54, 1.807) is 0 Å². The molecule has 0 aliphatic heterocycles. The highest BCUT2D eigenvalue weighted by atomic mass is 19.1. The molecule has 2 aromatic rings. The molecular weight excluding hydrogens is 284 g/mol. The van der Waals surface area contributed by atoms with Gasteiger partial charge >= 0.3 is 5.69 Å². The lowest BCUT2D eigenvalue weighted by Crippen LogP contribution is -2.15. The van der Waals surface area contributed by atoms with E-state index in [1.807, 2.05) is 0 Å². The van der Waals surface area contributed by atoms with Crippen molar-refractivity contribution in [3.8, 4) is 0 Å². The lowest BCUT2D eigenvalue weighted by Gasteiger charge is -2.07. The maximum Gasteiger partial charge on any atom is 0.308 e. The number of rotatable bonds is 3. The third-order valence-electron chi connectivity index (χ3n) is 2.63. The zero-order valence-electron chi connectivity index (χ0n) is 10.5. The van der Waals surface area contributed by atoms with Crippen LogP contribution >= 0.6 is 0 Å². The van der Waals surface area contributed by atoms with Crippen LogP contribution in [0.3, 0.4) is 0 Å². The minimum atomic E-state index is -1.39. The van der Waals surface area contributed by atoms with Gasteiger partial charge in [-0.2, -0.15) is 4.39 Å². The van der Waals surface area contributed by atoms with Gasteiger partial charge in [-0.05, 0) is 30.3 Å². The summed E-state index contributed by atoms with van der Waals surface area (Å²) in [6.07, 6.45) is 0. The largest absolute Gasteiger partial charge is 0.399 e. The van der Waals surface area contributed by atoms with Crippen molar-refractivity contribution in [2.45, 2.75) is 0 Å². The number of nitro groups is 1. The first-order valence-corrected chi connectivity index (χ1v) is 5.69. The number of nitro benzene ring substituents is 1. The van der Waals surface area contributed by atoms with Gasteiger partial charge in [0, 0.05) is 11.4 Å². The number of hydrogen-bond acceptors (Lipinski definition) is 4. The summed E-state index contributed by atoms with van der Waals surface area (Å²) in [5.74, 6) is -3.47. The lowest BCUT2D eigenvalue weighted by molar-refractivity contribution is -0.387. The number of carbonyl (C=O) groups is 1. The number of nitrogens with two attached hydrogens (primary N) is 1. The van der Waals surface area contributed by atoms with E-state index in [1.165, 1.54) is 24.3 Å². The van der Waals surface area contributed by atoms with E-state index in [0.717, 1.165) is 0 Å². The highest BCUT2D eigenvalue weighted by Crippen LogP contribution is 2.23. The molecule has 0 aromatic heterocycles. The van der Waals surface area contributed by atoms with Crippen LogP contribution in [-0.4, -0.2) is 10.8 Å². The van der Waals surface area contributed by atoms with E-state index in [9.17, 15) is 23.7 Å². The van der Waals surface area contributed by atoms with E-state index in [4.69, 9.17) is 5.73 Å². The van der Waals surface area contributed by atoms with Crippen molar-refractivity contribution in [1.29, 1.82) is 0 Å². The second-order valence-electron chi connectivity index (χ2n) is 4.12. The molecule has 21 heavy (non-hydrogen) atoms. The average molecular weight is 293 g/mol. The van der Waals surface area contributed by atoms with Gasteiger partial charge in [0.05, 0.1) is 16.6 Å². The van der Waals surface area contributed by atoms with Gasteiger partial charge in [0.25, 0.3) is 5.91 Å². The number of carbonyl (C=O) groups excluding carboxylic acids is 1. The average Bonchev–Trinajstić information content (AvgIpc) is 2.43. The van der Waals surface area contributed by atoms with Crippen molar-refractivity contribution in [3.05, 3.63) is 63.7 Å². The normalized spacial score (nSPS) is 10.2. The first kappa shape index (κ1) is 14.4. The first-order chi connectivity index (χ1) is 9.88. The van der Waals surface area contributed by atoms with Crippen LogP contribution < -0.4 is 11.1 Å². The Hall–Kier alpha value is -3.03. The number of nitrogens with one attached hydrogen (secondary N) is 1. The van der Waals surface area contributed by atoms with Gasteiger partial charge in [0.15, 0.2) is 0 Å². The highest BCUT2D eigenvalue weighted by Gasteiger charge is 2.24. The second kappa shape index (κ2) is 5.53. The molecule has 0 saturated carbocycles. The number of hydrogen-bond donors (Lipinski definition) is 2. The summed E-state index contributed by atoms with van der Waals surface area (Å²) in [6.45, 7) is 0. The monoisotopic (exact) mass is 293 g/mol. The maximum absolute atomic E-state index is 13.8. The van der Waals surface area contributed by atoms with Gasteiger partial charge in [-0.25, -0.2) is 4.39 Å². The van der Waals surface area contributed by atoms with Gasteiger partial charge in [-0.1, -0.05) is 0 Å². The number of nitrogens with zero attached hydrogens (tertiary/aromatic N) is 1. The van der Waals surface area contributed by atoms with Crippen molar-refractivity contribution >= 4 is 23.0 Å². The Morgan fingerprint density at radius 2 is 1.81 bits per heavy atom. The third kappa shape index (κ3) is 3.11. The fourth-order valence-electron chi connectivity index (χ4n) is 1.64. The van der Waals surface area contributed by atoms with E-state index >= 15 is 0 Å². The minimum absolute atomic E-state index is 0.292. The predicted molar refractivity (Wildman–Crippen MR) is 71.8 cm³/mol. The van der Waals surface area contributed by atoms with Crippen LogP contribution in [0.25, 0.3) is 0 Å². The predicted octanol–water partition coefficient (Wildman–Crippen LogP) is 2.71. The quantitative estimate of drug-likeness (QED) is 0.516. The number of amides is 1. The number of halogens is 2. The van der Waals surface area contributed by atoms with Crippen molar-refractivity contribution < 1.29 is 18.5 Å². The molecule has 0 saturated heterocycles. The molecule has 0 fully saturated rings. The summed E-state index contributed by atoms with van der Waals surface area (Å²) in [6, 6.07) is 6.92. The fourth-order valence-corrected chi connectivity index (χ4v) is 1.64. The fraction of sp³-hybridized carbons (Fsp3) is 0. The Morgan fingerprint density at radius 1 is 1.19 bits per heavy atom. The van der Waals surface area contributed by atoms with Gasteiger partial charge in [-0.15, -0.1) is 0 Å². The van der Waals surface area contributed by atoms with Crippen LogP contribution in [0.15, 0.2) is 36.4 Å². The van der Waals surface area contributed by atoms with Crippen LogP contribution in [0.5, 0.6) is 0 Å². The lowest BCUT2D eigenvalue weighted by atomic mass is 10.1. The molecule has 0 radical (unpaired) electrons. The Morgan fingerprint density at radius 3 is 2.38 bits per heavy atom. The highest BCUT2D eigenvalue weighted by molar-refractivity contribution is 6.05. The zero-order valence-corrected chi connectivity index (χ0v) is 10.5. The van der Waals surface area contributed by atoms with E-state index in [2.05, 4.69) is 5.32 Å². The second-order valence-corrected chi connectivity index (χ2v) is 4.12. The maximum atomic E-state index is 13.8. The van der Waals surface area contributed by atoms with Crippen molar-refractivity contribution in [2.75, 3.05) is 11.1 Å². The molecule has 2 aromatic carbocycles. The molecule has 1 amide bonds. The molecule has 0 atom stereocenters. The number of nitrogen functional groups attached to an aromatic ring is 1. The van der Waals surface area contributed by atoms with E-state index in [-0.39, 0.29) is 0 Å². The molecular formula is C13H9F2N3O3. The van der Waals surface area contributed by atoms with Gasteiger partial charge in [0.2, 0.25) is 5.82 Å². The summed E-state index contributed by atoms with van der Waals surface area (Å²) in [5.41, 5.74) is 4.37. The summed E-state index contributed by atoms with van der Waals surface area (Å²) in [5, 5.41) is 12.9. The molecule has 0 spiro atoms. The number of benzene rings is 2. The summed E-state index contributed by atoms with van der Waals surface area (Å²) < 4.78 is 27.1. The van der Waals surface area contributed by atoms with Crippen LogP contribution in [0, 0.1) is 21.7 Å². The molecule has 0 heterocycles. The van der Waals surface area contributed by atoms with Crippen LogP contribution in [0.2, 0.25) is 0 Å². The standard InChI is InChI=1S/C13H9F2N3O3/c14-7-5-10(12(15)11(6-7)18(20)21)13(19)17-9-3-1-8(16)2-4-9/h1-6H,16H2,(H,17,19). The van der Waals surface area contributed by atoms with Crippen molar-refractivity contribution in [3.63, 3.8) is 0 Å². The summed E-state index contributed by atoms with van der Waals surface area (Å²) >= 11 is 0. The third-order valence-corrected chi connectivity index (χ3v) is 2.63. The van der Waals surface area contributed by atoms with Crippen molar-refractivity contribution in [1.82, 2.24) is 0 Å². The van der Waals surface area contributed by atoms with Gasteiger partial charge in [0.1, 0.15) is 5.82 Å². The molecule has 2 rings (SSSR count). The van der Waals surface area contributed by atoms with Gasteiger partial charge < -0.3 is 11.1 Å². The zero-order chi connectivity index (χ0) is 15.6. The minimum Gasteiger partial charge on any atom is -0.399 e. The van der Waals surface area contributed by atoms with E-state index < -0.39 is 33.7 Å². The van der Waals surface area contributed by atoms with Crippen LogP contribution in [0.4, 0.5) is 25.8 Å². The Kier molecular flexibility index (Phi) is 3.79. The smallest absolute Gasteiger partial charge is 0.308 e. The molecule has 0 unspecified atom stereocenters. The Labute approximate surface area is 117 Å². The van der Waals surface area contributed by atoms with Crippen molar-refractivity contribution in [2.24, 2.45) is 0 Å². The SMILES string of the molecule is Nc1ccc(NC(=O)c2cc(F)cc([N+](=O)[O-])c2F)cc1. The molecule has 108 valence electrons. The molecule has 3 N–H and O–H groups in total. The number of anilines is 2. The Balaban J connectivity index is 2.35. The van der Waals surface area contributed by atoms with Crippen LogP contribution in [0.1, 0.15) is 10.4 Å². The molecule has 0 bridgehead atoms. The van der Waals surface area contributed by atoms with Crippen LogP contribution in [-0.2, 0) is 0 Å². The Bertz CT molecular complexity index is 717. The molecule has 0 aliphatic rings. The topological polar surface area (TPSA) is 98.3 Å².